The minimum atomic E-state index is -1.10. The van der Waals surface area contributed by atoms with Crippen molar-refractivity contribution in [3.8, 4) is 23.0 Å². The summed E-state index contributed by atoms with van der Waals surface area (Å²) >= 11 is 12.0. The van der Waals surface area contributed by atoms with Crippen LogP contribution < -0.4 is 30.0 Å². The molecule has 4 N–H and O–H groups in total. The highest BCUT2D eigenvalue weighted by atomic mass is 35.5. The van der Waals surface area contributed by atoms with E-state index in [4.69, 9.17) is 62.5 Å². The van der Waals surface area contributed by atoms with Gasteiger partial charge in [-0.05, 0) is 85.2 Å². The van der Waals surface area contributed by atoms with E-state index < -0.39 is 11.6 Å². The van der Waals surface area contributed by atoms with Crippen LogP contribution in [-0.4, -0.2) is 81.7 Å². The van der Waals surface area contributed by atoms with Crippen LogP contribution in [0.15, 0.2) is 24.3 Å². The first-order valence-corrected chi connectivity index (χ1v) is 16.0. The lowest BCUT2D eigenvalue weighted by atomic mass is 10.1. The predicted molar refractivity (Wildman–Crippen MR) is 188 cm³/mol. The Balaban J connectivity index is 0.000000779. The quantitative estimate of drug-likeness (QED) is 0.154. The number of nitrogens with two attached hydrogens (primary N) is 1. The van der Waals surface area contributed by atoms with Gasteiger partial charge in [-0.15, -0.1) is 0 Å². The van der Waals surface area contributed by atoms with Crippen LogP contribution in [0.2, 0.25) is 10.0 Å². The smallest absolute Gasteiger partial charge is 0.337 e. The molecule has 0 fully saturated rings. The number of ether oxygens (including phenoxy) is 6. The highest BCUT2D eigenvalue weighted by Crippen LogP contribution is 2.38. The Bertz CT molecular complexity index is 1390. The first-order chi connectivity index (χ1) is 22.8. The fourth-order valence-electron chi connectivity index (χ4n) is 3.68. The molecular weight excluding hydrogens is 683 g/mol. The highest BCUT2D eigenvalue weighted by molar-refractivity contribution is 6.35. The van der Waals surface area contributed by atoms with Crippen LogP contribution in [0.3, 0.4) is 0 Å². The van der Waals surface area contributed by atoms with Crippen LogP contribution in [0.25, 0.3) is 0 Å². The minimum absolute atomic E-state index is 0.00989. The first kappa shape index (κ1) is 45.1. The number of halogens is 2. The third-order valence-corrected chi connectivity index (χ3v) is 6.46. The van der Waals surface area contributed by atoms with Gasteiger partial charge in [0.25, 0.3) is 5.91 Å². The monoisotopic (exact) mass is 732 g/mol. The van der Waals surface area contributed by atoms with Crippen molar-refractivity contribution in [3.05, 3.63) is 45.4 Å². The molecule has 0 atom stereocenters. The largest absolute Gasteiger partial charge is 0.493 e. The van der Waals surface area contributed by atoms with E-state index in [-0.39, 0.29) is 56.8 Å². The first-order valence-electron chi connectivity index (χ1n) is 15.2. The third kappa shape index (κ3) is 17.3. The molecule has 276 valence electrons. The van der Waals surface area contributed by atoms with Gasteiger partial charge in [0.15, 0.2) is 23.0 Å². The minimum Gasteiger partial charge on any atom is -0.493 e. The van der Waals surface area contributed by atoms with Crippen molar-refractivity contribution in [2.75, 3.05) is 41.5 Å². The van der Waals surface area contributed by atoms with Gasteiger partial charge in [-0.1, -0.05) is 23.2 Å². The van der Waals surface area contributed by atoms with E-state index >= 15 is 0 Å². The fourth-order valence-corrected chi connectivity index (χ4v) is 4.31. The molecule has 0 radical (unpaired) electrons. The standard InChI is InChI=1S/C17H24ClNO5.C9H9ClO4.C8H17NO2/c1-17(2,3)24-13(20)7-6-10-19-16(21)11-8-9-12(22-4)15(23-5)14(11)18;1-13-6-4-3-5(9(11)12)7(10)8(6)14-2;1-8(2,3)11-7(10)5-4-6-9/h8-9H,6-7,10H2,1-5H3,(H,19,21);3-4H,1-2H3,(H,11,12);4-6,9H2,1-3H3. The molecule has 0 saturated carbocycles. The molecule has 2 aromatic carbocycles. The van der Waals surface area contributed by atoms with Gasteiger partial charge in [0.1, 0.15) is 16.2 Å². The molecule has 15 heteroatoms. The van der Waals surface area contributed by atoms with E-state index in [2.05, 4.69) is 5.32 Å². The molecular formula is C34H50Cl2N2O11. The molecule has 0 aliphatic heterocycles. The van der Waals surface area contributed by atoms with E-state index in [9.17, 15) is 19.2 Å². The lowest BCUT2D eigenvalue weighted by molar-refractivity contribution is -0.156. The van der Waals surface area contributed by atoms with Gasteiger partial charge in [0, 0.05) is 19.4 Å². The van der Waals surface area contributed by atoms with E-state index in [0.717, 1.165) is 0 Å². The van der Waals surface area contributed by atoms with Gasteiger partial charge in [-0.3, -0.25) is 14.4 Å². The molecule has 0 heterocycles. The summed E-state index contributed by atoms with van der Waals surface area (Å²) in [7, 11) is 5.79. The number of carbonyl (C=O) groups excluding carboxylic acids is 3. The number of hydrogen-bond acceptors (Lipinski definition) is 11. The number of esters is 2. The normalized spacial score (nSPS) is 10.6. The summed E-state index contributed by atoms with van der Waals surface area (Å²) in [6, 6.07) is 6.04. The van der Waals surface area contributed by atoms with Crippen molar-refractivity contribution in [3.63, 3.8) is 0 Å². The van der Waals surface area contributed by atoms with E-state index in [1.54, 1.807) is 12.1 Å². The second-order valence-electron chi connectivity index (χ2n) is 12.1. The van der Waals surface area contributed by atoms with E-state index in [1.807, 2.05) is 41.5 Å². The summed E-state index contributed by atoms with van der Waals surface area (Å²) in [6.45, 7) is 11.9. The van der Waals surface area contributed by atoms with Gasteiger partial charge in [-0.2, -0.15) is 0 Å². The highest BCUT2D eigenvalue weighted by Gasteiger charge is 2.20. The average molecular weight is 734 g/mol. The predicted octanol–water partition coefficient (Wildman–Crippen LogP) is 6.33. The Morgan fingerprint density at radius 1 is 0.694 bits per heavy atom. The second-order valence-corrected chi connectivity index (χ2v) is 12.8. The number of methoxy groups -OCH3 is 4. The molecule has 0 aliphatic carbocycles. The van der Waals surface area contributed by atoms with Crippen LogP contribution in [0, 0.1) is 0 Å². The van der Waals surface area contributed by atoms with Crippen molar-refractivity contribution in [2.24, 2.45) is 5.73 Å². The van der Waals surface area contributed by atoms with Crippen LogP contribution in [0.5, 0.6) is 23.0 Å². The lowest BCUT2D eigenvalue weighted by Gasteiger charge is -2.19. The molecule has 1 amide bonds. The number of carboxylic acids is 1. The number of aromatic carboxylic acids is 1. The lowest BCUT2D eigenvalue weighted by Crippen LogP contribution is -2.27. The maximum absolute atomic E-state index is 12.2. The van der Waals surface area contributed by atoms with Gasteiger partial charge < -0.3 is 44.6 Å². The second kappa shape index (κ2) is 21.9. The van der Waals surface area contributed by atoms with E-state index in [1.165, 1.54) is 40.6 Å². The number of carboxylic acid groups (broad SMARTS) is 1. The molecule has 0 aliphatic rings. The van der Waals surface area contributed by atoms with Gasteiger partial charge >= 0.3 is 17.9 Å². The molecule has 13 nitrogen and oxygen atoms in total. The average Bonchev–Trinajstić information content (AvgIpc) is 3.00. The number of amides is 1. The van der Waals surface area contributed by atoms with Crippen molar-refractivity contribution in [1.29, 1.82) is 0 Å². The molecule has 2 aromatic rings. The fraction of sp³-hybridized carbons (Fsp3) is 0.529. The zero-order valence-corrected chi connectivity index (χ0v) is 31.4. The van der Waals surface area contributed by atoms with Crippen LogP contribution in [0.4, 0.5) is 0 Å². The Labute approximate surface area is 298 Å². The van der Waals surface area contributed by atoms with Gasteiger partial charge in [-0.25, -0.2) is 4.79 Å². The van der Waals surface area contributed by atoms with E-state index in [0.29, 0.717) is 49.6 Å². The molecule has 0 bridgehead atoms. The number of benzene rings is 2. The van der Waals surface area contributed by atoms with Gasteiger partial charge in [0.05, 0.1) is 44.6 Å². The maximum Gasteiger partial charge on any atom is 0.337 e. The maximum atomic E-state index is 12.2. The Hall–Kier alpha value is -3.94. The SMILES string of the molecule is CC(C)(C)OC(=O)CCCN.COc1ccc(C(=O)NCCCC(=O)OC(C)(C)C)c(Cl)c1OC.COc1ccc(C(=O)O)c(Cl)c1OC. The molecule has 0 unspecified atom stereocenters. The van der Waals surface area contributed by atoms with Crippen molar-refractivity contribution < 1.29 is 52.7 Å². The Kier molecular flexibility index (Phi) is 20.1. The summed E-state index contributed by atoms with van der Waals surface area (Å²) < 4.78 is 30.4. The zero-order valence-electron chi connectivity index (χ0n) is 29.9. The summed E-state index contributed by atoms with van der Waals surface area (Å²) in [5, 5.41) is 11.7. The third-order valence-electron chi connectivity index (χ3n) is 5.71. The molecule has 0 saturated heterocycles. The number of hydrogen-bond donors (Lipinski definition) is 3. The molecule has 49 heavy (non-hydrogen) atoms. The summed E-state index contributed by atoms with van der Waals surface area (Å²) in [5.41, 5.74) is 4.63. The van der Waals surface area contributed by atoms with Gasteiger partial charge in [0.2, 0.25) is 0 Å². The van der Waals surface area contributed by atoms with Crippen molar-refractivity contribution in [1.82, 2.24) is 5.32 Å². The Morgan fingerprint density at radius 2 is 1.10 bits per heavy atom. The molecule has 0 aromatic heterocycles. The zero-order chi connectivity index (χ0) is 37.9. The van der Waals surface area contributed by atoms with Crippen LogP contribution >= 0.6 is 23.2 Å². The summed E-state index contributed by atoms with van der Waals surface area (Å²) in [6.07, 6.45) is 1.84. The number of rotatable bonds is 13. The van der Waals surface area contributed by atoms with Crippen molar-refractivity contribution in [2.45, 2.75) is 78.4 Å². The molecule has 2 rings (SSSR count). The Morgan fingerprint density at radius 3 is 1.47 bits per heavy atom. The number of nitrogens with one attached hydrogen (secondary N) is 1. The number of carbonyl (C=O) groups is 4. The van der Waals surface area contributed by atoms with Crippen LogP contribution in [0.1, 0.15) is 87.9 Å². The topological polar surface area (TPSA) is 182 Å². The summed E-state index contributed by atoms with van der Waals surface area (Å²) in [4.78, 5) is 45.4. The molecule has 0 spiro atoms. The van der Waals surface area contributed by atoms with Crippen LogP contribution in [-0.2, 0) is 19.1 Å². The van der Waals surface area contributed by atoms with Crippen molar-refractivity contribution >= 4 is 47.0 Å². The summed E-state index contributed by atoms with van der Waals surface area (Å²) in [5.74, 6) is -0.508.